The van der Waals surface area contributed by atoms with Gasteiger partial charge in [-0.25, -0.2) is 9.59 Å². The highest BCUT2D eigenvalue weighted by Crippen LogP contribution is 2.27. The molecule has 240 valence electrons. The quantitative estimate of drug-likeness (QED) is 0.165. The summed E-state index contributed by atoms with van der Waals surface area (Å²) in [4.78, 5) is 29.5. The smallest absolute Gasteiger partial charge is 0.338 e. The number of nitrogens with zero attached hydrogens (tertiary/aromatic N) is 1. The van der Waals surface area contributed by atoms with Gasteiger partial charge in [0, 0.05) is 11.4 Å². The number of aliphatic imine (C=N–C) groups is 1. The van der Waals surface area contributed by atoms with Crippen LogP contribution < -0.4 is 5.73 Å². The van der Waals surface area contributed by atoms with Gasteiger partial charge in [0.2, 0.25) is 0 Å². The number of carbonyl (C=O) groups excluding carboxylic acids is 2. The molecule has 0 radical (unpaired) electrons. The number of hydrogen-bond donors (Lipinski definition) is 1. The Morgan fingerprint density at radius 2 is 1.07 bits per heavy atom. The summed E-state index contributed by atoms with van der Waals surface area (Å²) in [6.07, 6.45) is 5.97. The van der Waals surface area contributed by atoms with Crippen LogP contribution in [0.15, 0.2) is 77.8 Å². The number of nitrogens with two attached hydrogens (primary N) is 1. The van der Waals surface area contributed by atoms with Crippen molar-refractivity contribution in [2.24, 2.45) is 4.99 Å². The second-order valence-corrected chi connectivity index (χ2v) is 12.3. The van der Waals surface area contributed by atoms with E-state index in [0.717, 1.165) is 51.9 Å². The molecule has 0 amide bonds. The van der Waals surface area contributed by atoms with E-state index < -0.39 is 0 Å². The third kappa shape index (κ3) is 9.64. The third-order valence-electron chi connectivity index (χ3n) is 8.29. The zero-order chi connectivity index (χ0) is 33.2. The summed E-state index contributed by atoms with van der Waals surface area (Å²) in [6.45, 7) is 12.3. The first kappa shape index (κ1) is 34.2. The Hall–Kier alpha value is -4.71. The Morgan fingerprint density at radius 1 is 0.609 bits per heavy atom. The number of benzene rings is 4. The normalized spacial score (nSPS) is 12.5. The van der Waals surface area contributed by atoms with Crippen molar-refractivity contribution in [3.8, 4) is 0 Å². The van der Waals surface area contributed by atoms with Crippen LogP contribution in [-0.2, 0) is 22.7 Å². The van der Waals surface area contributed by atoms with Gasteiger partial charge in [-0.2, -0.15) is 0 Å². The highest BCUT2D eigenvalue weighted by molar-refractivity contribution is 5.93. The van der Waals surface area contributed by atoms with Crippen molar-refractivity contribution < 1.29 is 19.1 Å². The molecule has 1 aliphatic carbocycles. The third-order valence-corrected chi connectivity index (χ3v) is 8.29. The van der Waals surface area contributed by atoms with Crippen LogP contribution in [0.2, 0.25) is 0 Å². The van der Waals surface area contributed by atoms with E-state index in [4.69, 9.17) is 20.2 Å². The Balaban J connectivity index is 0.000000216. The number of anilines is 1. The van der Waals surface area contributed by atoms with Crippen LogP contribution in [0, 0.1) is 41.5 Å². The van der Waals surface area contributed by atoms with E-state index in [9.17, 15) is 9.59 Å². The molecule has 0 bridgehead atoms. The van der Waals surface area contributed by atoms with E-state index in [2.05, 4.69) is 0 Å². The summed E-state index contributed by atoms with van der Waals surface area (Å²) >= 11 is 0. The fraction of sp³-hybridized carbons (Fsp3) is 0.325. The molecule has 0 atom stereocenters. The van der Waals surface area contributed by atoms with Gasteiger partial charge in [0.25, 0.3) is 0 Å². The largest absolute Gasteiger partial charge is 0.457 e. The van der Waals surface area contributed by atoms with Gasteiger partial charge in [0.15, 0.2) is 0 Å². The molecule has 46 heavy (non-hydrogen) atoms. The molecule has 0 saturated heterocycles. The van der Waals surface area contributed by atoms with Crippen molar-refractivity contribution in [3.05, 3.63) is 128 Å². The van der Waals surface area contributed by atoms with Crippen molar-refractivity contribution in [2.75, 3.05) is 5.73 Å². The van der Waals surface area contributed by atoms with Crippen molar-refractivity contribution >= 4 is 29.0 Å². The summed E-state index contributed by atoms with van der Waals surface area (Å²) in [7, 11) is 0. The number of hydrogen-bond acceptors (Lipinski definition) is 6. The van der Waals surface area contributed by atoms with Crippen LogP contribution in [0.3, 0.4) is 0 Å². The Morgan fingerprint density at radius 3 is 1.57 bits per heavy atom. The summed E-state index contributed by atoms with van der Waals surface area (Å²) in [5, 5.41) is 0. The van der Waals surface area contributed by atoms with Crippen molar-refractivity contribution in [3.63, 3.8) is 0 Å². The summed E-state index contributed by atoms with van der Waals surface area (Å²) < 4.78 is 10.9. The minimum absolute atomic E-state index is 0.275. The second kappa shape index (κ2) is 16.0. The van der Waals surface area contributed by atoms with Gasteiger partial charge in [0.1, 0.15) is 13.2 Å². The van der Waals surface area contributed by atoms with E-state index in [-0.39, 0.29) is 18.5 Å². The van der Waals surface area contributed by atoms with Gasteiger partial charge in [-0.3, -0.25) is 4.99 Å². The fourth-order valence-electron chi connectivity index (χ4n) is 5.26. The Kier molecular flexibility index (Phi) is 11.9. The van der Waals surface area contributed by atoms with Crippen LogP contribution in [-0.4, -0.2) is 17.7 Å². The Labute approximate surface area is 273 Å². The molecular formula is C40H46N2O4. The zero-order valence-electron chi connectivity index (χ0n) is 28.0. The molecule has 4 aromatic rings. The molecule has 0 aromatic heterocycles. The number of aryl methyl sites for hydroxylation is 6. The average molecular weight is 619 g/mol. The maximum atomic E-state index is 12.5. The van der Waals surface area contributed by atoms with Gasteiger partial charge in [-0.05, 0) is 125 Å². The zero-order valence-corrected chi connectivity index (χ0v) is 28.0. The second-order valence-electron chi connectivity index (χ2n) is 12.3. The van der Waals surface area contributed by atoms with Crippen LogP contribution in [0.25, 0.3) is 0 Å². The molecule has 0 heterocycles. The maximum Gasteiger partial charge on any atom is 0.338 e. The topological polar surface area (TPSA) is 91.0 Å². The van der Waals surface area contributed by atoms with Crippen LogP contribution in [0.5, 0.6) is 0 Å². The summed E-state index contributed by atoms with van der Waals surface area (Å²) in [5.74, 6) is -0.589. The average Bonchev–Trinajstić information content (AvgIpc) is 3.04. The first-order valence-corrected chi connectivity index (χ1v) is 16.0. The van der Waals surface area contributed by atoms with E-state index in [1.54, 1.807) is 12.1 Å². The molecule has 1 fully saturated rings. The molecule has 6 nitrogen and oxygen atoms in total. The molecule has 4 aromatic carbocycles. The molecule has 1 saturated carbocycles. The highest BCUT2D eigenvalue weighted by Gasteiger charge is 2.15. The monoisotopic (exact) mass is 618 g/mol. The van der Waals surface area contributed by atoms with Gasteiger partial charge in [0.05, 0.1) is 16.8 Å². The van der Waals surface area contributed by atoms with Crippen molar-refractivity contribution in [1.29, 1.82) is 0 Å². The molecular weight excluding hydrogens is 572 g/mol. The number of ether oxygens (including phenoxy) is 2. The molecule has 1 aliphatic rings. The lowest BCUT2D eigenvalue weighted by Gasteiger charge is -2.14. The van der Waals surface area contributed by atoms with E-state index >= 15 is 0 Å². The predicted octanol–water partition coefficient (Wildman–Crippen LogP) is 9.56. The number of esters is 2. The lowest BCUT2D eigenvalue weighted by molar-refractivity contribution is 0.0463. The molecule has 0 unspecified atom stereocenters. The van der Waals surface area contributed by atoms with Crippen LogP contribution in [0.1, 0.15) is 97.3 Å². The standard InChI is InChI=1S/C23H27NO2.C17H19NO2/c1-16-9-11-19(12-10-16)15-26-23(25)21-13-18(3)22(14-17(21)2)24-20-7-5-4-6-8-20;1-11-4-6-14(7-5-11)10-20-17(19)15-8-13(3)16(18)9-12(15)2/h9-14H,4-8,15H2,1-3H3;4-9H,10,18H2,1-3H3. The lowest BCUT2D eigenvalue weighted by Crippen LogP contribution is -2.08. The van der Waals surface area contributed by atoms with Gasteiger partial charge >= 0.3 is 11.9 Å². The van der Waals surface area contributed by atoms with E-state index in [1.807, 2.05) is 102 Å². The fourth-order valence-corrected chi connectivity index (χ4v) is 5.26. The van der Waals surface area contributed by atoms with Gasteiger partial charge in [-0.15, -0.1) is 0 Å². The molecule has 6 heteroatoms. The van der Waals surface area contributed by atoms with Crippen LogP contribution >= 0.6 is 0 Å². The first-order valence-electron chi connectivity index (χ1n) is 16.0. The highest BCUT2D eigenvalue weighted by atomic mass is 16.5. The number of carbonyl (C=O) groups is 2. The van der Waals surface area contributed by atoms with Crippen molar-refractivity contribution in [1.82, 2.24) is 0 Å². The molecule has 2 N–H and O–H groups in total. The first-order chi connectivity index (χ1) is 22.0. The molecule has 0 aliphatic heterocycles. The number of rotatable bonds is 7. The van der Waals surface area contributed by atoms with Crippen molar-refractivity contribution in [2.45, 2.75) is 86.9 Å². The van der Waals surface area contributed by atoms with E-state index in [1.165, 1.54) is 36.1 Å². The van der Waals surface area contributed by atoms with Gasteiger partial charge < -0.3 is 15.2 Å². The minimum Gasteiger partial charge on any atom is -0.457 e. The van der Waals surface area contributed by atoms with Gasteiger partial charge in [-0.1, -0.05) is 66.1 Å². The summed E-state index contributed by atoms with van der Waals surface area (Å²) in [5.41, 5.74) is 18.0. The minimum atomic E-state index is -0.314. The van der Waals surface area contributed by atoms with E-state index in [0.29, 0.717) is 23.4 Å². The van der Waals surface area contributed by atoms with Crippen LogP contribution in [0.4, 0.5) is 11.4 Å². The SMILES string of the molecule is Cc1ccc(COC(=O)c2cc(C)c(N)cc2C)cc1.Cc1ccc(COC(=O)c2cc(C)c(N=C3CCCCC3)cc2C)cc1. The lowest BCUT2D eigenvalue weighted by atomic mass is 9.98. The Bertz CT molecular complexity index is 1700. The maximum absolute atomic E-state index is 12.5. The predicted molar refractivity (Wildman–Crippen MR) is 187 cm³/mol. The molecule has 0 spiro atoms. The summed E-state index contributed by atoms with van der Waals surface area (Å²) in [6, 6.07) is 23.5. The number of nitrogen functional groups attached to an aromatic ring is 1. The molecule has 5 rings (SSSR count).